The van der Waals surface area contributed by atoms with Crippen LogP contribution in [0.4, 0.5) is 7.77 Å². The molecule has 0 bridgehead atoms. The van der Waals surface area contributed by atoms with Crippen LogP contribution in [0.2, 0.25) is 0 Å². The molecule has 0 aliphatic heterocycles. The quantitative estimate of drug-likeness (QED) is 0.727. The summed E-state index contributed by atoms with van der Waals surface area (Å²) in [4.78, 5) is -0.978. The van der Waals surface area contributed by atoms with E-state index in [1.807, 2.05) is 5.38 Å². The average molecular weight is 247 g/mol. The van der Waals surface area contributed by atoms with E-state index in [0.29, 0.717) is 6.07 Å². The van der Waals surface area contributed by atoms with Crippen LogP contribution in [0.3, 0.4) is 0 Å². The molecular formula is C4HF2O4S3. The van der Waals surface area contributed by atoms with Crippen molar-refractivity contribution in [3.05, 3.63) is 11.4 Å². The average Bonchev–Trinajstić information content (AvgIpc) is 2.28. The van der Waals surface area contributed by atoms with E-state index in [1.54, 1.807) is 0 Å². The summed E-state index contributed by atoms with van der Waals surface area (Å²) in [5.41, 5.74) is 0. The lowest BCUT2D eigenvalue weighted by Crippen LogP contribution is -1.90. The zero-order chi connectivity index (χ0) is 10.3. The Balaban J connectivity index is 3.32. The van der Waals surface area contributed by atoms with Gasteiger partial charge in [0.15, 0.2) is 4.21 Å². The highest BCUT2D eigenvalue weighted by molar-refractivity contribution is 7.89. The van der Waals surface area contributed by atoms with Crippen LogP contribution in [0.5, 0.6) is 0 Å². The van der Waals surface area contributed by atoms with Gasteiger partial charge >= 0.3 is 20.4 Å². The molecule has 13 heavy (non-hydrogen) atoms. The Morgan fingerprint density at radius 1 is 1.15 bits per heavy atom. The van der Waals surface area contributed by atoms with Gasteiger partial charge in [0.1, 0.15) is 4.90 Å². The van der Waals surface area contributed by atoms with Crippen LogP contribution in [0, 0.1) is 5.38 Å². The fraction of sp³-hybridized carbons (Fsp3) is 0. The van der Waals surface area contributed by atoms with Crippen molar-refractivity contribution in [2.75, 3.05) is 0 Å². The molecule has 1 radical (unpaired) electrons. The Morgan fingerprint density at radius 2 is 1.69 bits per heavy atom. The van der Waals surface area contributed by atoms with Crippen molar-refractivity contribution < 1.29 is 24.6 Å². The van der Waals surface area contributed by atoms with E-state index in [1.165, 1.54) is 0 Å². The first kappa shape index (κ1) is 10.5. The zero-order valence-corrected chi connectivity index (χ0v) is 8.14. The van der Waals surface area contributed by atoms with Gasteiger partial charge in [-0.3, -0.25) is 0 Å². The van der Waals surface area contributed by atoms with Crippen molar-refractivity contribution in [2.24, 2.45) is 0 Å². The summed E-state index contributed by atoms with van der Waals surface area (Å²) in [6, 6.07) is 0.370. The van der Waals surface area contributed by atoms with Crippen LogP contribution < -0.4 is 0 Å². The molecule has 0 saturated heterocycles. The van der Waals surface area contributed by atoms with Gasteiger partial charge in [0, 0.05) is 0 Å². The third-order valence-electron chi connectivity index (χ3n) is 1.00. The lowest BCUT2D eigenvalue weighted by molar-refractivity contribution is 0.552. The third kappa shape index (κ3) is 2.45. The van der Waals surface area contributed by atoms with Crippen LogP contribution in [0.15, 0.2) is 15.2 Å². The largest absolute Gasteiger partial charge is 0.341 e. The van der Waals surface area contributed by atoms with Crippen molar-refractivity contribution in [1.29, 1.82) is 0 Å². The molecule has 0 atom stereocenters. The second-order valence-electron chi connectivity index (χ2n) is 1.91. The SMILES string of the molecule is O=S(=O)(F)c1[c]sc(S(=O)(=O)F)c1. The van der Waals surface area contributed by atoms with Gasteiger partial charge in [-0.1, -0.05) is 3.89 Å². The van der Waals surface area contributed by atoms with Crippen LogP contribution in [-0.4, -0.2) is 16.8 Å². The predicted molar refractivity (Wildman–Crippen MR) is 39.7 cm³/mol. The molecule has 0 aliphatic carbocycles. The predicted octanol–water partition coefficient (Wildman–Crippen LogP) is 0.865. The first-order valence-corrected chi connectivity index (χ1v) is 6.20. The Labute approximate surface area is 77.2 Å². The molecule has 0 fully saturated rings. The summed E-state index contributed by atoms with van der Waals surface area (Å²) in [5, 5.41) is 1.81. The van der Waals surface area contributed by atoms with Crippen LogP contribution in [-0.2, 0) is 20.4 Å². The molecule has 1 heterocycles. The zero-order valence-electron chi connectivity index (χ0n) is 5.69. The van der Waals surface area contributed by atoms with Gasteiger partial charge < -0.3 is 0 Å². The summed E-state index contributed by atoms with van der Waals surface area (Å²) in [6.45, 7) is 0. The molecular weight excluding hydrogens is 246 g/mol. The second kappa shape index (κ2) is 3.00. The molecule has 0 unspecified atom stereocenters. The molecule has 0 saturated carbocycles. The van der Waals surface area contributed by atoms with Gasteiger partial charge in [0.2, 0.25) is 0 Å². The summed E-state index contributed by atoms with van der Waals surface area (Å²) in [6.07, 6.45) is 0. The standard InChI is InChI=1S/C4HF2O4S3/c5-12(7,8)3-1-4(11-2-3)13(6,9)10/h1H. The second-order valence-corrected chi connectivity index (χ2v) is 5.64. The van der Waals surface area contributed by atoms with Gasteiger partial charge in [-0.15, -0.1) is 15.2 Å². The number of rotatable bonds is 2. The van der Waals surface area contributed by atoms with Crippen LogP contribution >= 0.6 is 11.3 Å². The topological polar surface area (TPSA) is 68.3 Å². The van der Waals surface area contributed by atoms with Gasteiger partial charge in [-0.05, 0) is 6.07 Å². The molecule has 9 heteroatoms. The maximum atomic E-state index is 12.2. The molecule has 73 valence electrons. The lowest BCUT2D eigenvalue weighted by Gasteiger charge is -1.84. The van der Waals surface area contributed by atoms with Crippen molar-refractivity contribution in [2.45, 2.75) is 9.10 Å². The van der Waals surface area contributed by atoms with Crippen molar-refractivity contribution >= 4 is 31.8 Å². The maximum Gasteiger partial charge on any atom is 0.341 e. The van der Waals surface area contributed by atoms with E-state index in [0.717, 1.165) is 0 Å². The van der Waals surface area contributed by atoms with Crippen LogP contribution in [0.1, 0.15) is 0 Å². The smallest absolute Gasteiger partial charge is 0.189 e. The molecule has 0 amide bonds. The normalized spacial score (nSPS) is 13.1. The fourth-order valence-electron chi connectivity index (χ4n) is 0.507. The highest BCUT2D eigenvalue weighted by Gasteiger charge is 2.21. The molecule has 1 rings (SSSR count). The Bertz CT molecular complexity index is 465. The van der Waals surface area contributed by atoms with E-state index >= 15 is 0 Å². The molecule has 1 aromatic rings. The Hall–Kier alpha value is -0.540. The summed E-state index contributed by atoms with van der Waals surface area (Å²) < 4.78 is 64.1. The molecule has 0 aromatic carbocycles. The fourth-order valence-corrected chi connectivity index (χ4v) is 2.66. The monoisotopic (exact) mass is 247 g/mol. The minimum Gasteiger partial charge on any atom is -0.189 e. The number of thiophene rings is 1. The Morgan fingerprint density at radius 3 is 1.92 bits per heavy atom. The number of hydrogen-bond donors (Lipinski definition) is 0. The highest BCUT2D eigenvalue weighted by Crippen LogP contribution is 2.25. The van der Waals surface area contributed by atoms with Crippen LogP contribution in [0.25, 0.3) is 0 Å². The Kier molecular flexibility index (Phi) is 2.43. The number of hydrogen-bond acceptors (Lipinski definition) is 5. The summed E-state index contributed by atoms with van der Waals surface area (Å²) in [5.74, 6) is 0. The van der Waals surface area contributed by atoms with Gasteiger partial charge in [-0.25, -0.2) is 0 Å². The third-order valence-corrected chi connectivity index (χ3v) is 3.97. The lowest BCUT2D eigenvalue weighted by atomic mass is 10.7. The highest BCUT2D eigenvalue weighted by atomic mass is 32.3. The van der Waals surface area contributed by atoms with E-state index in [2.05, 4.69) is 0 Å². The van der Waals surface area contributed by atoms with E-state index in [9.17, 15) is 24.6 Å². The van der Waals surface area contributed by atoms with E-state index < -0.39 is 29.6 Å². The minimum absolute atomic E-state index is 0.176. The maximum absolute atomic E-state index is 12.2. The minimum atomic E-state index is -5.02. The van der Waals surface area contributed by atoms with Crippen molar-refractivity contribution in [1.82, 2.24) is 0 Å². The van der Waals surface area contributed by atoms with Gasteiger partial charge in [-0.2, -0.15) is 16.8 Å². The van der Waals surface area contributed by atoms with E-state index in [-0.39, 0.29) is 11.3 Å². The van der Waals surface area contributed by atoms with Gasteiger partial charge in [0.25, 0.3) is 0 Å². The van der Waals surface area contributed by atoms with Gasteiger partial charge in [0.05, 0.1) is 5.38 Å². The first-order valence-electron chi connectivity index (χ1n) is 2.62. The van der Waals surface area contributed by atoms with Crippen molar-refractivity contribution in [3.63, 3.8) is 0 Å². The first-order chi connectivity index (χ1) is 5.71. The molecule has 0 spiro atoms. The number of halogens is 2. The van der Waals surface area contributed by atoms with Crippen molar-refractivity contribution in [3.8, 4) is 0 Å². The molecule has 1 aromatic heterocycles. The summed E-state index contributed by atoms with van der Waals surface area (Å²) >= 11 is 0.176. The molecule has 4 nitrogen and oxygen atoms in total. The van der Waals surface area contributed by atoms with E-state index in [4.69, 9.17) is 0 Å². The molecule has 0 aliphatic rings. The summed E-state index contributed by atoms with van der Waals surface area (Å²) in [7, 11) is -10.0. The molecule has 0 N–H and O–H groups in total.